The summed E-state index contributed by atoms with van der Waals surface area (Å²) in [7, 11) is 0. The van der Waals surface area contributed by atoms with E-state index in [4.69, 9.17) is 5.11 Å². The molecule has 3 nitrogen and oxygen atoms in total. The minimum absolute atomic E-state index is 0.0485. The molecule has 0 rings (SSSR count). The summed E-state index contributed by atoms with van der Waals surface area (Å²) in [5.41, 5.74) is 0. The highest BCUT2D eigenvalue weighted by atomic mass is 16.3. The van der Waals surface area contributed by atoms with Crippen LogP contribution in [0.25, 0.3) is 0 Å². The molecule has 0 radical (unpaired) electrons. The van der Waals surface area contributed by atoms with E-state index >= 15 is 0 Å². The van der Waals surface area contributed by atoms with Crippen molar-refractivity contribution in [3.05, 3.63) is 4.91 Å². The van der Waals surface area contributed by atoms with Gasteiger partial charge in [0.2, 0.25) is 0 Å². The van der Waals surface area contributed by atoms with Gasteiger partial charge in [-0.3, -0.25) is 0 Å². The van der Waals surface area contributed by atoms with Crippen LogP contribution in [0.15, 0.2) is 5.18 Å². The smallest absolute Gasteiger partial charge is 0.0913 e. The van der Waals surface area contributed by atoms with Crippen LogP contribution in [0.2, 0.25) is 0 Å². The first-order valence-electron chi connectivity index (χ1n) is 2.24. The number of nitroso groups, excluding NO2 is 1. The Morgan fingerprint density at radius 2 is 2.43 bits per heavy atom. The van der Waals surface area contributed by atoms with E-state index < -0.39 is 0 Å². The maximum absolute atomic E-state index is 9.53. The van der Waals surface area contributed by atoms with Crippen molar-refractivity contribution in [2.45, 2.75) is 19.4 Å². The van der Waals surface area contributed by atoms with E-state index in [1.807, 2.05) is 0 Å². The fraction of sp³-hybridized carbons (Fsp3) is 1.00. The Hall–Kier alpha value is -0.440. The van der Waals surface area contributed by atoms with Crippen molar-refractivity contribution in [3.8, 4) is 0 Å². The minimum Gasteiger partial charge on any atom is -0.396 e. The molecule has 7 heavy (non-hydrogen) atoms. The highest BCUT2D eigenvalue weighted by Gasteiger charge is 1.95. The van der Waals surface area contributed by atoms with E-state index in [2.05, 4.69) is 5.18 Å². The molecule has 0 aromatic heterocycles. The van der Waals surface area contributed by atoms with E-state index in [-0.39, 0.29) is 12.6 Å². The van der Waals surface area contributed by atoms with Gasteiger partial charge in [-0.1, -0.05) is 5.18 Å². The first-order chi connectivity index (χ1) is 3.31. The molecule has 0 aliphatic carbocycles. The zero-order valence-corrected chi connectivity index (χ0v) is 4.29. The Kier molecular flexibility index (Phi) is 3.50. The van der Waals surface area contributed by atoms with Crippen molar-refractivity contribution in [1.82, 2.24) is 0 Å². The molecule has 0 spiro atoms. The monoisotopic (exact) mass is 103 g/mol. The van der Waals surface area contributed by atoms with Crippen LogP contribution < -0.4 is 0 Å². The van der Waals surface area contributed by atoms with Gasteiger partial charge in [-0.2, -0.15) is 4.91 Å². The van der Waals surface area contributed by atoms with Gasteiger partial charge in [-0.15, -0.1) is 0 Å². The summed E-state index contributed by atoms with van der Waals surface area (Å²) in [6, 6.07) is -0.231. The molecule has 0 amide bonds. The number of hydrogen-bond acceptors (Lipinski definition) is 3. The van der Waals surface area contributed by atoms with Gasteiger partial charge in [0.05, 0.1) is 6.04 Å². The van der Waals surface area contributed by atoms with Crippen LogP contribution >= 0.6 is 0 Å². The van der Waals surface area contributed by atoms with Crippen molar-refractivity contribution >= 4 is 0 Å². The van der Waals surface area contributed by atoms with Crippen molar-refractivity contribution in [3.63, 3.8) is 0 Å². The Bertz CT molecular complexity index is 55.7. The zero-order chi connectivity index (χ0) is 5.70. The molecule has 1 unspecified atom stereocenters. The number of rotatable bonds is 3. The molecule has 1 atom stereocenters. The molecule has 0 aromatic carbocycles. The Balaban J connectivity index is 2.98. The molecule has 0 aromatic rings. The zero-order valence-electron chi connectivity index (χ0n) is 4.29. The molecule has 0 saturated carbocycles. The highest BCUT2D eigenvalue weighted by Crippen LogP contribution is 1.91. The van der Waals surface area contributed by atoms with Crippen LogP contribution in [0.5, 0.6) is 0 Å². The lowest BCUT2D eigenvalue weighted by molar-refractivity contribution is 0.279. The van der Waals surface area contributed by atoms with Gasteiger partial charge in [0.15, 0.2) is 0 Å². The average Bonchev–Trinajstić information content (AvgIpc) is 1.68. The SMILES string of the molecule is CC(CCO)N=O. The van der Waals surface area contributed by atoms with Gasteiger partial charge in [-0.25, -0.2) is 0 Å². The summed E-state index contributed by atoms with van der Waals surface area (Å²) in [5, 5.41) is 10.8. The van der Waals surface area contributed by atoms with Crippen LogP contribution in [0.4, 0.5) is 0 Å². The van der Waals surface area contributed by atoms with Crippen LogP contribution in [0.1, 0.15) is 13.3 Å². The number of aliphatic hydroxyl groups is 1. The second-order valence-corrected chi connectivity index (χ2v) is 1.47. The van der Waals surface area contributed by atoms with Crippen LogP contribution in [-0.2, 0) is 0 Å². The number of hydrogen-bond donors (Lipinski definition) is 1. The van der Waals surface area contributed by atoms with E-state index in [1.54, 1.807) is 6.92 Å². The topological polar surface area (TPSA) is 49.7 Å². The molecular formula is C4H9NO2. The normalized spacial score (nSPS) is 13.4. The quantitative estimate of drug-likeness (QED) is 0.529. The molecule has 0 fully saturated rings. The first kappa shape index (κ1) is 6.56. The molecule has 42 valence electrons. The first-order valence-corrected chi connectivity index (χ1v) is 2.24. The van der Waals surface area contributed by atoms with Crippen molar-refractivity contribution in [2.24, 2.45) is 5.18 Å². The summed E-state index contributed by atoms with van der Waals surface area (Å²) < 4.78 is 0. The summed E-state index contributed by atoms with van der Waals surface area (Å²) in [6.07, 6.45) is 0.476. The van der Waals surface area contributed by atoms with E-state index in [1.165, 1.54) is 0 Å². The summed E-state index contributed by atoms with van der Waals surface area (Å²) in [6.45, 7) is 1.72. The number of aliphatic hydroxyl groups excluding tert-OH is 1. The Morgan fingerprint density at radius 1 is 1.86 bits per heavy atom. The second kappa shape index (κ2) is 3.74. The van der Waals surface area contributed by atoms with Crippen LogP contribution in [-0.4, -0.2) is 17.8 Å². The van der Waals surface area contributed by atoms with E-state index in [0.29, 0.717) is 6.42 Å². The van der Waals surface area contributed by atoms with Gasteiger partial charge in [0.1, 0.15) is 0 Å². The molecular weight excluding hydrogens is 94.0 g/mol. The molecule has 0 saturated heterocycles. The maximum Gasteiger partial charge on any atom is 0.0913 e. The van der Waals surface area contributed by atoms with Gasteiger partial charge >= 0.3 is 0 Å². The van der Waals surface area contributed by atoms with E-state index in [9.17, 15) is 4.91 Å². The second-order valence-electron chi connectivity index (χ2n) is 1.47. The lowest BCUT2D eigenvalue weighted by Gasteiger charge is -1.93. The molecule has 3 heteroatoms. The van der Waals surface area contributed by atoms with Gasteiger partial charge in [0.25, 0.3) is 0 Å². The van der Waals surface area contributed by atoms with Crippen molar-refractivity contribution < 1.29 is 5.11 Å². The van der Waals surface area contributed by atoms with Crippen molar-refractivity contribution in [1.29, 1.82) is 0 Å². The molecule has 0 aliphatic heterocycles. The van der Waals surface area contributed by atoms with Gasteiger partial charge in [0, 0.05) is 6.61 Å². The molecule has 0 bridgehead atoms. The average molecular weight is 103 g/mol. The molecule has 0 aliphatic rings. The Morgan fingerprint density at radius 3 is 2.57 bits per heavy atom. The standard InChI is InChI=1S/C4H9NO2/c1-4(5-7)2-3-6/h4,6H,2-3H2,1H3. The number of nitrogens with zero attached hydrogens (tertiary/aromatic N) is 1. The van der Waals surface area contributed by atoms with Crippen molar-refractivity contribution in [2.75, 3.05) is 6.61 Å². The fourth-order valence-electron chi connectivity index (χ4n) is 0.240. The van der Waals surface area contributed by atoms with E-state index in [0.717, 1.165) is 0 Å². The Labute approximate surface area is 42.3 Å². The van der Waals surface area contributed by atoms with Crippen LogP contribution in [0.3, 0.4) is 0 Å². The maximum atomic E-state index is 9.53. The predicted molar refractivity (Wildman–Crippen MR) is 27.0 cm³/mol. The summed E-state index contributed by atoms with van der Waals surface area (Å²) in [5.74, 6) is 0. The van der Waals surface area contributed by atoms with Gasteiger partial charge < -0.3 is 5.11 Å². The lowest BCUT2D eigenvalue weighted by atomic mass is 10.3. The van der Waals surface area contributed by atoms with Crippen LogP contribution in [0, 0.1) is 4.91 Å². The third-order valence-electron chi connectivity index (χ3n) is 0.727. The summed E-state index contributed by atoms with van der Waals surface area (Å²) >= 11 is 0. The van der Waals surface area contributed by atoms with Gasteiger partial charge in [-0.05, 0) is 13.3 Å². The minimum atomic E-state index is -0.231. The largest absolute Gasteiger partial charge is 0.396 e. The molecule has 1 N–H and O–H groups in total. The fourth-order valence-corrected chi connectivity index (χ4v) is 0.240. The predicted octanol–water partition coefficient (Wildman–Crippen LogP) is 0.524. The third kappa shape index (κ3) is 3.39. The highest BCUT2D eigenvalue weighted by molar-refractivity contribution is 4.54. The lowest BCUT2D eigenvalue weighted by Crippen LogP contribution is -1.98. The molecule has 0 heterocycles. The third-order valence-corrected chi connectivity index (χ3v) is 0.727. The summed E-state index contributed by atoms with van der Waals surface area (Å²) in [4.78, 5) is 9.53.